The van der Waals surface area contributed by atoms with E-state index >= 15 is 4.39 Å². The van der Waals surface area contributed by atoms with Gasteiger partial charge in [-0.2, -0.15) is 0 Å². The molecule has 0 radical (unpaired) electrons. The first-order valence-electron chi connectivity index (χ1n) is 18.1. The Hall–Kier alpha value is -3.15. The van der Waals surface area contributed by atoms with E-state index in [1.807, 2.05) is 17.7 Å². The summed E-state index contributed by atoms with van der Waals surface area (Å²) in [6.45, 7) is 20.9. The number of halogens is 2. The molecule has 3 heterocycles. The zero-order chi connectivity index (χ0) is 38.4. The second-order valence-corrected chi connectivity index (χ2v) is 27.3. The number of nitrogens with one attached hydrogen (secondary N) is 3. The molecule has 2 amide bonds. The quantitative estimate of drug-likeness (QED) is 0.0995. The predicted octanol–water partition coefficient (Wildman–Crippen LogP) is 9.68. The van der Waals surface area contributed by atoms with Crippen LogP contribution in [0.3, 0.4) is 0 Å². The average Bonchev–Trinajstić information content (AvgIpc) is 3.45. The van der Waals surface area contributed by atoms with E-state index in [1.165, 1.54) is 12.3 Å². The molecular formula is C37H56ClFN6O5Si2. The van der Waals surface area contributed by atoms with E-state index in [2.05, 4.69) is 74.4 Å². The molecule has 0 saturated carbocycles. The van der Waals surface area contributed by atoms with Gasteiger partial charge in [-0.25, -0.2) is 14.2 Å². The lowest BCUT2D eigenvalue weighted by molar-refractivity contribution is -0.119. The summed E-state index contributed by atoms with van der Waals surface area (Å²) < 4.78 is 30.5. The Bertz CT molecular complexity index is 1710. The average molecular weight is 776 g/mol. The van der Waals surface area contributed by atoms with Crippen LogP contribution in [0.25, 0.3) is 11.3 Å². The molecular weight excluding hydrogens is 719 g/mol. The van der Waals surface area contributed by atoms with Crippen molar-refractivity contribution in [2.24, 2.45) is 5.92 Å². The van der Waals surface area contributed by atoms with Gasteiger partial charge in [0.25, 0.3) is 0 Å². The summed E-state index contributed by atoms with van der Waals surface area (Å²) in [5, 5.41) is 18.3. The highest BCUT2D eigenvalue weighted by Gasteiger charge is 2.40. The number of nitrogens with zero attached hydrogens (tertiary/aromatic N) is 3. The first kappa shape index (κ1) is 41.6. The van der Waals surface area contributed by atoms with E-state index < -0.39 is 34.4 Å². The maximum Gasteiger partial charge on any atom is 0.409 e. The fourth-order valence-electron chi connectivity index (χ4n) is 5.72. The first-order chi connectivity index (χ1) is 24.3. The van der Waals surface area contributed by atoms with Crippen molar-refractivity contribution in [1.29, 1.82) is 0 Å². The van der Waals surface area contributed by atoms with Crippen molar-refractivity contribution in [3.63, 3.8) is 0 Å². The molecule has 4 N–H and O–H groups in total. The molecule has 0 fully saturated rings. The van der Waals surface area contributed by atoms with Gasteiger partial charge in [0, 0.05) is 44.2 Å². The van der Waals surface area contributed by atoms with Gasteiger partial charge in [-0.1, -0.05) is 65.4 Å². The number of carbonyl (C=O) groups is 2. The molecule has 2 bridgehead atoms. The number of fused-ring (bicyclic) bond motifs is 4. The Morgan fingerprint density at radius 2 is 1.92 bits per heavy atom. The normalized spacial score (nSPS) is 17.8. The number of rotatable bonds is 13. The minimum atomic E-state index is -2.34. The van der Waals surface area contributed by atoms with Crippen LogP contribution < -0.4 is 16.0 Å². The van der Waals surface area contributed by atoms with Crippen LogP contribution >= 0.6 is 11.6 Å². The number of imidazole rings is 1. The van der Waals surface area contributed by atoms with Crippen LogP contribution in [-0.2, 0) is 20.7 Å². The summed E-state index contributed by atoms with van der Waals surface area (Å²) in [5.41, 5.74) is 2.27. The molecule has 0 spiro atoms. The van der Waals surface area contributed by atoms with E-state index in [4.69, 9.17) is 25.7 Å². The zero-order valence-electron chi connectivity index (χ0n) is 32.0. The summed E-state index contributed by atoms with van der Waals surface area (Å²) in [4.78, 5) is 34.3. The maximum absolute atomic E-state index is 15.4. The lowest BCUT2D eigenvalue weighted by atomic mass is 9.99. The number of pyridine rings is 1. The lowest BCUT2D eigenvalue weighted by Gasteiger charge is -2.39. The molecule has 11 nitrogen and oxygen atoms in total. The van der Waals surface area contributed by atoms with E-state index in [0.29, 0.717) is 55.0 Å². The number of benzene rings is 1. The van der Waals surface area contributed by atoms with Crippen LogP contribution in [0.5, 0.6) is 0 Å². The fourth-order valence-corrected chi connectivity index (χ4v) is 7.93. The molecule has 3 aromatic rings. The molecule has 3 atom stereocenters. The first-order valence-corrected chi connectivity index (χ1v) is 25.1. The number of aromatic nitrogens is 3. The largest absolute Gasteiger partial charge is 0.465 e. The van der Waals surface area contributed by atoms with Gasteiger partial charge in [0.1, 0.15) is 18.2 Å². The van der Waals surface area contributed by atoms with Crippen LogP contribution in [0.1, 0.15) is 77.0 Å². The smallest absolute Gasteiger partial charge is 0.409 e. The predicted molar refractivity (Wildman–Crippen MR) is 211 cm³/mol. The van der Waals surface area contributed by atoms with Crippen molar-refractivity contribution in [2.45, 2.75) is 116 Å². The van der Waals surface area contributed by atoms with Crippen LogP contribution in [0.15, 0.2) is 36.7 Å². The van der Waals surface area contributed by atoms with Crippen LogP contribution in [0.4, 0.5) is 20.6 Å². The number of carboxylic acid groups (broad SMARTS) is 1. The Morgan fingerprint density at radius 1 is 1.19 bits per heavy atom. The van der Waals surface area contributed by atoms with Crippen LogP contribution in [0.2, 0.25) is 48.8 Å². The Morgan fingerprint density at radius 3 is 2.60 bits per heavy atom. The van der Waals surface area contributed by atoms with Gasteiger partial charge in [-0.05, 0) is 74.2 Å². The Balaban J connectivity index is 1.71. The van der Waals surface area contributed by atoms with Gasteiger partial charge < -0.3 is 29.5 Å². The molecule has 1 aliphatic rings. The molecule has 0 aliphatic carbocycles. The Kier molecular flexibility index (Phi) is 13.9. The third-order valence-corrected chi connectivity index (χ3v) is 16.4. The number of amides is 2. The van der Waals surface area contributed by atoms with Gasteiger partial charge in [-0.3, -0.25) is 15.1 Å². The molecule has 0 saturated heterocycles. The topological polar surface area (TPSA) is 140 Å². The summed E-state index contributed by atoms with van der Waals surface area (Å²) >= 11 is 6.22. The third kappa shape index (κ3) is 11.2. The highest BCUT2D eigenvalue weighted by molar-refractivity contribution is 6.76. The number of anilines is 2. The van der Waals surface area contributed by atoms with E-state index in [9.17, 15) is 14.7 Å². The monoisotopic (exact) mass is 774 g/mol. The van der Waals surface area contributed by atoms with Crippen molar-refractivity contribution in [1.82, 2.24) is 19.9 Å². The van der Waals surface area contributed by atoms with E-state index in [1.54, 1.807) is 18.2 Å². The van der Waals surface area contributed by atoms with Crippen molar-refractivity contribution in [3.05, 3.63) is 59.0 Å². The van der Waals surface area contributed by atoms with E-state index in [0.717, 1.165) is 18.3 Å². The van der Waals surface area contributed by atoms with Crippen molar-refractivity contribution >= 4 is 51.4 Å². The number of carbonyl (C=O) groups excluding carboxylic acids is 1. The van der Waals surface area contributed by atoms with Crippen LogP contribution in [-0.4, -0.2) is 61.2 Å². The number of hydrogen-bond acceptors (Lipinski definition) is 7. The van der Waals surface area contributed by atoms with Crippen molar-refractivity contribution in [2.75, 3.05) is 23.8 Å². The van der Waals surface area contributed by atoms with Gasteiger partial charge >= 0.3 is 6.09 Å². The molecule has 2 aromatic heterocycles. The molecule has 1 aliphatic heterocycles. The number of hydrogen-bond donors (Lipinski definition) is 4. The summed E-state index contributed by atoms with van der Waals surface area (Å²) in [6, 6.07) is 7.26. The summed E-state index contributed by atoms with van der Waals surface area (Å²) in [5.74, 6) is -0.245. The zero-order valence-corrected chi connectivity index (χ0v) is 34.8. The van der Waals surface area contributed by atoms with Crippen LogP contribution in [0, 0.1) is 11.7 Å². The standard InChI is InChI=1S/C37H56ClFN6O5Si2/c1-24-11-10-12-28(40-18-16-31(50-52(8,9)37(2,3)4)33-32(39)27(38)15-17-41-33)34-43-30(22-45(34)23-49-19-20-51(5,6)7)26-14-13-25(42-36(47)48)21-29(26)44-35(24)46/h13-15,17,21-22,24,28,31,40,42H,10-12,16,18-20,23H2,1-9H3,(H,44,46)(H,47,48)/t24-,28+,31-/m1/s1. The summed E-state index contributed by atoms with van der Waals surface area (Å²) in [6.07, 6.45) is 4.10. The third-order valence-electron chi connectivity index (χ3n) is 9.94. The minimum absolute atomic E-state index is 0.00842. The van der Waals surface area contributed by atoms with Gasteiger partial charge in [-0.15, -0.1) is 0 Å². The Labute approximate surface area is 314 Å². The molecule has 286 valence electrons. The number of ether oxygens (including phenoxy) is 1. The maximum atomic E-state index is 15.4. The summed E-state index contributed by atoms with van der Waals surface area (Å²) in [7, 11) is -3.67. The molecule has 4 rings (SSSR count). The van der Waals surface area contributed by atoms with Crippen molar-refractivity contribution < 1.29 is 28.2 Å². The van der Waals surface area contributed by atoms with Gasteiger partial charge in [0.2, 0.25) is 5.91 Å². The molecule has 1 aromatic carbocycles. The minimum Gasteiger partial charge on any atom is -0.465 e. The van der Waals surface area contributed by atoms with Crippen molar-refractivity contribution in [3.8, 4) is 11.3 Å². The van der Waals surface area contributed by atoms with E-state index in [-0.39, 0.29) is 40.4 Å². The highest BCUT2D eigenvalue weighted by atomic mass is 35.5. The SMILES string of the molecule is C[C@@H]1CCC[C@H](NCC[C@@H](O[Si](C)(C)C(C)(C)C)c2nccc(Cl)c2F)c2nc(cn2COCC[Si](C)(C)C)-c2ccc(NC(=O)O)cc2NC1=O. The molecule has 15 heteroatoms. The lowest BCUT2D eigenvalue weighted by Crippen LogP contribution is -2.42. The van der Waals surface area contributed by atoms with Gasteiger partial charge in [0.05, 0.1) is 28.5 Å². The molecule has 52 heavy (non-hydrogen) atoms. The fraction of sp³-hybridized carbons (Fsp3) is 0.568. The van der Waals surface area contributed by atoms with Gasteiger partial charge in [0.15, 0.2) is 14.1 Å². The second-order valence-electron chi connectivity index (χ2n) is 16.5. The highest BCUT2D eigenvalue weighted by Crippen LogP contribution is 2.41. The molecule has 0 unspecified atom stereocenters. The second kappa shape index (κ2) is 17.3.